The zero-order chi connectivity index (χ0) is 18.8. The molecule has 4 rings (SSSR count). The summed E-state index contributed by atoms with van der Waals surface area (Å²) in [6.07, 6.45) is 0. The van der Waals surface area contributed by atoms with Crippen molar-refractivity contribution in [2.75, 3.05) is 5.32 Å². The Kier molecular flexibility index (Phi) is 4.68. The third-order valence-corrected chi connectivity index (χ3v) is 5.09. The number of anilines is 1. The lowest BCUT2D eigenvalue weighted by molar-refractivity contribution is 0.881. The summed E-state index contributed by atoms with van der Waals surface area (Å²) in [5, 5.41) is 3.66. The van der Waals surface area contributed by atoms with Crippen molar-refractivity contribution in [1.29, 1.82) is 0 Å². The Morgan fingerprint density at radius 1 is 0.926 bits per heavy atom. The average Bonchev–Trinajstić information content (AvgIpc) is 3.06. The van der Waals surface area contributed by atoms with Crippen LogP contribution in [0, 0.1) is 13.8 Å². The molecule has 1 unspecified atom stereocenters. The van der Waals surface area contributed by atoms with Gasteiger partial charge in [-0.3, -0.25) is 4.40 Å². The van der Waals surface area contributed by atoms with Crippen molar-refractivity contribution >= 4 is 11.5 Å². The number of nitrogens with one attached hydrogen (secondary N) is 1. The van der Waals surface area contributed by atoms with E-state index >= 15 is 0 Å². The molecule has 0 saturated heterocycles. The molecule has 0 aliphatic carbocycles. The number of rotatable bonds is 5. The van der Waals surface area contributed by atoms with Gasteiger partial charge in [0, 0.05) is 18.2 Å². The zero-order valence-corrected chi connectivity index (χ0v) is 16.1. The summed E-state index contributed by atoms with van der Waals surface area (Å²) in [4.78, 5) is 5.02. The van der Waals surface area contributed by atoms with E-state index in [1.165, 1.54) is 22.4 Å². The van der Waals surface area contributed by atoms with Crippen molar-refractivity contribution in [3.63, 3.8) is 0 Å². The molecule has 1 atom stereocenters. The van der Waals surface area contributed by atoms with Gasteiger partial charge in [0.15, 0.2) is 0 Å². The molecule has 27 heavy (non-hydrogen) atoms. The van der Waals surface area contributed by atoms with E-state index in [0.717, 1.165) is 23.7 Å². The zero-order valence-electron chi connectivity index (χ0n) is 16.1. The predicted molar refractivity (Wildman–Crippen MR) is 112 cm³/mol. The van der Waals surface area contributed by atoms with Crippen molar-refractivity contribution in [1.82, 2.24) is 9.38 Å². The first-order chi connectivity index (χ1) is 13.1. The van der Waals surface area contributed by atoms with Gasteiger partial charge in [-0.1, -0.05) is 67.6 Å². The highest BCUT2D eigenvalue weighted by molar-refractivity contribution is 5.60. The molecule has 0 saturated carbocycles. The molecule has 0 aliphatic heterocycles. The number of nitrogens with zero attached hydrogens (tertiary/aromatic N) is 2. The highest BCUT2D eigenvalue weighted by Gasteiger charge is 2.20. The first-order valence-electron chi connectivity index (χ1n) is 9.46. The predicted octanol–water partition coefficient (Wildman–Crippen LogP) is 5.72. The Bertz CT molecular complexity index is 1050. The number of hydrogen-bond acceptors (Lipinski definition) is 2. The van der Waals surface area contributed by atoms with Crippen LogP contribution < -0.4 is 5.32 Å². The fourth-order valence-electron chi connectivity index (χ4n) is 3.70. The lowest BCUT2D eigenvalue weighted by atomic mass is 9.98. The van der Waals surface area contributed by atoms with E-state index in [0.29, 0.717) is 0 Å². The molecule has 3 heteroatoms. The summed E-state index contributed by atoms with van der Waals surface area (Å²) >= 11 is 0. The average molecular weight is 355 g/mol. The Morgan fingerprint density at radius 2 is 1.59 bits per heavy atom. The maximum Gasteiger partial charge on any atom is 0.139 e. The molecular formula is C24H25N3. The number of aromatic nitrogens is 2. The maximum atomic E-state index is 5.02. The minimum atomic E-state index is 0.212. The van der Waals surface area contributed by atoms with Gasteiger partial charge >= 0.3 is 0 Å². The van der Waals surface area contributed by atoms with Crippen LogP contribution in [0.1, 0.15) is 40.9 Å². The van der Waals surface area contributed by atoms with Crippen LogP contribution in [0.25, 0.3) is 5.65 Å². The van der Waals surface area contributed by atoms with Gasteiger partial charge in [0.2, 0.25) is 0 Å². The highest BCUT2D eigenvalue weighted by Crippen LogP contribution is 2.32. The minimum absolute atomic E-state index is 0.212. The van der Waals surface area contributed by atoms with Gasteiger partial charge in [-0.2, -0.15) is 0 Å². The van der Waals surface area contributed by atoms with Crippen LogP contribution in [0.2, 0.25) is 0 Å². The van der Waals surface area contributed by atoms with Crippen molar-refractivity contribution in [3.8, 4) is 0 Å². The molecule has 0 radical (unpaired) electrons. The molecule has 0 bridgehead atoms. The number of aryl methyl sites for hydroxylation is 2. The van der Waals surface area contributed by atoms with Crippen molar-refractivity contribution in [2.45, 2.75) is 33.2 Å². The van der Waals surface area contributed by atoms with Crippen LogP contribution in [0.3, 0.4) is 0 Å². The second kappa shape index (κ2) is 7.28. The van der Waals surface area contributed by atoms with Crippen LogP contribution >= 0.6 is 0 Å². The Balaban J connectivity index is 1.80. The normalized spacial score (nSPS) is 12.3. The van der Waals surface area contributed by atoms with Crippen LogP contribution in [0.4, 0.5) is 5.82 Å². The first kappa shape index (κ1) is 17.3. The first-order valence-corrected chi connectivity index (χ1v) is 9.46. The summed E-state index contributed by atoms with van der Waals surface area (Å²) in [6, 6.07) is 25.4. The second-order valence-corrected chi connectivity index (χ2v) is 7.18. The van der Waals surface area contributed by atoms with Gasteiger partial charge in [-0.15, -0.1) is 0 Å². The lowest BCUT2D eigenvalue weighted by Gasteiger charge is -2.15. The topological polar surface area (TPSA) is 29.3 Å². The smallest absolute Gasteiger partial charge is 0.139 e. The van der Waals surface area contributed by atoms with Crippen LogP contribution in [-0.4, -0.2) is 9.38 Å². The number of imidazole rings is 1. The molecule has 0 fully saturated rings. The summed E-state index contributed by atoms with van der Waals surface area (Å²) in [6.45, 7) is 7.27. The SMILES string of the molecule is Cc1cc(C)n2c(NCc3ccccc3)c(C(C)c3ccccc3)nc2c1. The summed E-state index contributed by atoms with van der Waals surface area (Å²) in [5.41, 5.74) is 7.05. The van der Waals surface area contributed by atoms with Crippen molar-refractivity contribution in [2.24, 2.45) is 0 Å². The summed E-state index contributed by atoms with van der Waals surface area (Å²) in [7, 11) is 0. The molecule has 0 spiro atoms. The van der Waals surface area contributed by atoms with E-state index in [1.807, 2.05) is 6.07 Å². The monoisotopic (exact) mass is 355 g/mol. The van der Waals surface area contributed by atoms with E-state index in [4.69, 9.17) is 4.98 Å². The molecule has 3 nitrogen and oxygen atoms in total. The fraction of sp³-hybridized carbons (Fsp3) is 0.208. The molecule has 2 aromatic heterocycles. The fourth-order valence-corrected chi connectivity index (χ4v) is 3.70. The third-order valence-electron chi connectivity index (χ3n) is 5.09. The van der Waals surface area contributed by atoms with E-state index in [2.05, 4.69) is 97.2 Å². The van der Waals surface area contributed by atoms with Crippen LogP contribution in [-0.2, 0) is 6.54 Å². The van der Waals surface area contributed by atoms with Gasteiger partial charge in [0.1, 0.15) is 11.5 Å². The van der Waals surface area contributed by atoms with E-state index < -0.39 is 0 Å². The van der Waals surface area contributed by atoms with Crippen LogP contribution in [0.15, 0.2) is 72.8 Å². The molecule has 2 aromatic carbocycles. The largest absolute Gasteiger partial charge is 0.366 e. The standard InChI is InChI=1S/C24H25N3/c1-17-14-18(2)27-22(15-17)26-23(19(3)21-12-8-5-9-13-21)24(27)25-16-20-10-6-4-7-11-20/h4-15,19,25H,16H2,1-3H3. The molecule has 2 heterocycles. The Morgan fingerprint density at radius 3 is 2.30 bits per heavy atom. The number of hydrogen-bond donors (Lipinski definition) is 1. The molecule has 136 valence electrons. The van der Waals surface area contributed by atoms with Crippen molar-refractivity contribution in [3.05, 3.63) is 101 Å². The molecule has 0 amide bonds. The van der Waals surface area contributed by atoms with Crippen LogP contribution in [0.5, 0.6) is 0 Å². The van der Waals surface area contributed by atoms with Gasteiger partial charge in [0.05, 0.1) is 5.69 Å². The number of benzene rings is 2. The highest BCUT2D eigenvalue weighted by atomic mass is 15.1. The van der Waals surface area contributed by atoms with E-state index in [9.17, 15) is 0 Å². The van der Waals surface area contributed by atoms with E-state index in [1.54, 1.807) is 0 Å². The van der Waals surface area contributed by atoms with E-state index in [-0.39, 0.29) is 5.92 Å². The third kappa shape index (κ3) is 3.45. The molecular weight excluding hydrogens is 330 g/mol. The summed E-state index contributed by atoms with van der Waals surface area (Å²) in [5.74, 6) is 1.30. The summed E-state index contributed by atoms with van der Waals surface area (Å²) < 4.78 is 2.24. The van der Waals surface area contributed by atoms with Gasteiger partial charge in [-0.05, 0) is 42.7 Å². The van der Waals surface area contributed by atoms with Gasteiger partial charge in [-0.25, -0.2) is 4.98 Å². The molecule has 1 N–H and O–H groups in total. The molecule has 4 aromatic rings. The molecule has 0 aliphatic rings. The van der Waals surface area contributed by atoms with Gasteiger partial charge in [0.25, 0.3) is 0 Å². The quantitative estimate of drug-likeness (QED) is 0.496. The lowest BCUT2D eigenvalue weighted by Crippen LogP contribution is -2.08. The maximum absolute atomic E-state index is 5.02. The minimum Gasteiger partial charge on any atom is -0.366 e. The second-order valence-electron chi connectivity index (χ2n) is 7.18. The van der Waals surface area contributed by atoms with Gasteiger partial charge < -0.3 is 5.32 Å². The Labute approximate surface area is 160 Å². The Hall–Kier alpha value is -3.07. The number of pyridine rings is 1. The number of fused-ring (bicyclic) bond motifs is 1. The van der Waals surface area contributed by atoms with Crippen molar-refractivity contribution < 1.29 is 0 Å².